The summed E-state index contributed by atoms with van der Waals surface area (Å²) in [4.78, 5) is 0. The number of ether oxygens (including phenoxy) is 2. The molecule has 0 radical (unpaired) electrons. The quantitative estimate of drug-likeness (QED) is 0.438. The van der Waals surface area contributed by atoms with Crippen LogP contribution in [0.3, 0.4) is 0 Å². The first kappa shape index (κ1) is 15.0. The fourth-order valence-corrected chi connectivity index (χ4v) is 1.45. The van der Waals surface area contributed by atoms with E-state index in [9.17, 15) is 5.11 Å². The minimum Gasteiger partial charge on any atom is -0.507 e. The topological polar surface area (TPSA) is 75.1 Å². The van der Waals surface area contributed by atoms with Gasteiger partial charge in [-0.3, -0.25) is 5.43 Å². The molecule has 0 aliphatic carbocycles. The van der Waals surface area contributed by atoms with Crippen molar-refractivity contribution in [2.45, 2.75) is 6.92 Å². The van der Waals surface area contributed by atoms with E-state index in [4.69, 9.17) is 21.7 Å². The summed E-state index contributed by atoms with van der Waals surface area (Å²) in [6.45, 7) is 1.74. The maximum absolute atomic E-state index is 9.94. The molecule has 3 N–H and O–H groups in total. The van der Waals surface area contributed by atoms with E-state index < -0.39 is 0 Å². The van der Waals surface area contributed by atoms with Gasteiger partial charge in [-0.1, -0.05) is 0 Å². The van der Waals surface area contributed by atoms with Crippen LogP contribution < -0.4 is 20.2 Å². The number of hydrazone groups is 1. The van der Waals surface area contributed by atoms with Crippen LogP contribution >= 0.6 is 12.2 Å². The third-order valence-electron chi connectivity index (χ3n) is 2.44. The van der Waals surface area contributed by atoms with Gasteiger partial charge in [0, 0.05) is 18.7 Å². The number of hydrogen-bond donors (Lipinski definition) is 3. The van der Waals surface area contributed by atoms with Gasteiger partial charge in [-0.2, -0.15) is 5.10 Å². The fraction of sp³-hybridized carbons (Fsp3) is 0.333. The van der Waals surface area contributed by atoms with Crippen LogP contribution in [-0.2, 0) is 0 Å². The molecule has 0 saturated carbocycles. The predicted molar refractivity (Wildman–Crippen MR) is 78.2 cm³/mol. The van der Waals surface area contributed by atoms with Crippen molar-refractivity contribution in [3.63, 3.8) is 0 Å². The van der Waals surface area contributed by atoms with Crippen LogP contribution in [-0.4, -0.2) is 37.2 Å². The number of methoxy groups -OCH3 is 2. The summed E-state index contributed by atoms with van der Waals surface area (Å²) in [6, 6.07) is 3.13. The van der Waals surface area contributed by atoms with E-state index in [1.165, 1.54) is 20.3 Å². The van der Waals surface area contributed by atoms with E-state index in [-0.39, 0.29) is 5.75 Å². The molecule has 0 aliphatic rings. The maximum atomic E-state index is 9.94. The van der Waals surface area contributed by atoms with Crippen molar-refractivity contribution in [2.75, 3.05) is 21.3 Å². The standard InChI is InChI=1S/C12H17N3O3S/c1-7(14-15-12(19)13-2)8-5-10(17-3)11(18-4)6-9(8)16/h5-6,16H,1-4H3,(H2,13,15,19). The summed E-state index contributed by atoms with van der Waals surface area (Å²) in [5.74, 6) is 1.02. The third kappa shape index (κ3) is 3.72. The first-order valence-corrected chi connectivity index (χ1v) is 5.91. The maximum Gasteiger partial charge on any atom is 0.186 e. The smallest absolute Gasteiger partial charge is 0.186 e. The van der Waals surface area contributed by atoms with Crippen molar-refractivity contribution in [2.24, 2.45) is 5.10 Å². The number of phenols is 1. The lowest BCUT2D eigenvalue weighted by Gasteiger charge is -2.11. The lowest BCUT2D eigenvalue weighted by Crippen LogP contribution is -2.29. The van der Waals surface area contributed by atoms with Gasteiger partial charge in [0.05, 0.1) is 19.9 Å². The monoisotopic (exact) mass is 283 g/mol. The second-order valence-corrected chi connectivity index (χ2v) is 4.02. The van der Waals surface area contributed by atoms with Crippen LogP contribution in [0.1, 0.15) is 12.5 Å². The number of phenolic OH excluding ortho intramolecular Hbond substituents is 1. The predicted octanol–water partition coefficient (Wildman–Crippen LogP) is 1.23. The molecular formula is C12H17N3O3S. The summed E-state index contributed by atoms with van der Waals surface area (Å²) in [5, 5.41) is 17.1. The van der Waals surface area contributed by atoms with E-state index in [0.29, 0.717) is 27.9 Å². The lowest BCUT2D eigenvalue weighted by molar-refractivity contribution is 0.351. The molecule has 0 heterocycles. The molecule has 0 aliphatic heterocycles. The van der Waals surface area contributed by atoms with Crippen LogP contribution in [0.5, 0.6) is 17.2 Å². The Hall–Kier alpha value is -2.02. The molecule has 19 heavy (non-hydrogen) atoms. The molecule has 1 aromatic carbocycles. The van der Waals surface area contributed by atoms with Gasteiger partial charge in [-0.05, 0) is 25.2 Å². The zero-order valence-electron chi connectivity index (χ0n) is 11.3. The van der Waals surface area contributed by atoms with Gasteiger partial charge in [-0.25, -0.2) is 0 Å². The Morgan fingerprint density at radius 2 is 1.84 bits per heavy atom. The van der Waals surface area contributed by atoms with E-state index in [2.05, 4.69) is 15.8 Å². The van der Waals surface area contributed by atoms with Gasteiger partial charge in [0.15, 0.2) is 16.6 Å². The van der Waals surface area contributed by atoms with E-state index in [1.54, 1.807) is 20.0 Å². The molecule has 0 fully saturated rings. The number of hydrogen-bond acceptors (Lipinski definition) is 5. The normalized spacial score (nSPS) is 10.8. The lowest BCUT2D eigenvalue weighted by atomic mass is 10.1. The van der Waals surface area contributed by atoms with Gasteiger partial charge in [0.25, 0.3) is 0 Å². The van der Waals surface area contributed by atoms with Crippen molar-refractivity contribution in [3.05, 3.63) is 17.7 Å². The zero-order chi connectivity index (χ0) is 14.4. The molecular weight excluding hydrogens is 266 g/mol. The highest BCUT2D eigenvalue weighted by Crippen LogP contribution is 2.34. The van der Waals surface area contributed by atoms with Gasteiger partial charge in [0.1, 0.15) is 5.75 Å². The summed E-state index contributed by atoms with van der Waals surface area (Å²) >= 11 is 4.91. The van der Waals surface area contributed by atoms with Crippen LogP contribution in [0, 0.1) is 0 Å². The molecule has 1 rings (SSSR count). The second kappa shape index (κ2) is 6.79. The Labute approximate surface area is 117 Å². The minimum atomic E-state index is 0.0519. The molecule has 6 nitrogen and oxygen atoms in total. The van der Waals surface area contributed by atoms with Gasteiger partial charge < -0.3 is 19.9 Å². The highest BCUT2D eigenvalue weighted by Gasteiger charge is 2.12. The summed E-state index contributed by atoms with van der Waals surface area (Å²) in [6.07, 6.45) is 0. The molecule has 104 valence electrons. The van der Waals surface area contributed by atoms with Crippen LogP contribution in [0.15, 0.2) is 17.2 Å². The van der Waals surface area contributed by atoms with E-state index in [0.717, 1.165) is 0 Å². The Balaban J connectivity index is 3.09. The largest absolute Gasteiger partial charge is 0.507 e. The number of aromatic hydroxyl groups is 1. The molecule has 0 atom stereocenters. The van der Waals surface area contributed by atoms with Crippen LogP contribution in [0.4, 0.5) is 0 Å². The molecule has 7 heteroatoms. The molecule has 0 unspecified atom stereocenters. The number of rotatable bonds is 4. The van der Waals surface area contributed by atoms with E-state index >= 15 is 0 Å². The number of nitrogens with one attached hydrogen (secondary N) is 2. The van der Waals surface area contributed by atoms with Crippen molar-refractivity contribution in [1.29, 1.82) is 0 Å². The van der Waals surface area contributed by atoms with Gasteiger partial charge in [0.2, 0.25) is 0 Å². The Kier molecular flexibility index (Phi) is 5.37. The van der Waals surface area contributed by atoms with Gasteiger partial charge in [-0.15, -0.1) is 0 Å². The summed E-state index contributed by atoms with van der Waals surface area (Å²) in [5.41, 5.74) is 3.75. The molecule has 0 amide bonds. The molecule has 0 spiro atoms. The number of nitrogens with zero attached hydrogens (tertiary/aromatic N) is 1. The first-order valence-electron chi connectivity index (χ1n) is 5.50. The van der Waals surface area contributed by atoms with Crippen molar-refractivity contribution < 1.29 is 14.6 Å². The number of benzene rings is 1. The second-order valence-electron chi connectivity index (χ2n) is 3.61. The Bertz CT molecular complexity index is 503. The molecule has 0 saturated heterocycles. The first-order chi connectivity index (χ1) is 9.03. The Morgan fingerprint density at radius 1 is 1.26 bits per heavy atom. The zero-order valence-corrected chi connectivity index (χ0v) is 12.1. The minimum absolute atomic E-state index is 0.0519. The summed E-state index contributed by atoms with van der Waals surface area (Å²) < 4.78 is 10.3. The van der Waals surface area contributed by atoms with Crippen LogP contribution in [0.25, 0.3) is 0 Å². The highest BCUT2D eigenvalue weighted by atomic mass is 32.1. The summed E-state index contributed by atoms with van der Waals surface area (Å²) in [7, 11) is 4.72. The molecule has 0 bridgehead atoms. The fourth-order valence-electron chi connectivity index (χ4n) is 1.41. The third-order valence-corrected chi connectivity index (χ3v) is 2.74. The average molecular weight is 283 g/mol. The van der Waals surface area contributed by atoms with Crippen molar-refractivity contribution in [1.82, 2.24) is 10.7 Å². The van der Waals surface area contributed by atoms with Gasteiger partial charge >= 0.3 is 0 Å². The SMILES string of the molecule is CNC(=S)NN=C(C)c1cc(OC)c(OC)cc1O. The van der Waals surface area contributed by atoms with Crippen molar-refractivity contribution in [3.8, 4) is 17.2 Å². The molecule has 1 aromatic rings. The van der Waals surface area contributed by atoms with Crippen LogP contribution in [0.2, 0.25) is 0 Å². The molecule has 0 aromatic heterocycles. The Morgan fingerprint density at radius 3 is 2.37 bits per heavy atom. The highest BCUT2D eigenvalue weighted by molar-refractivity contribution is 7.80. The number of thiocarbonyl (C=S) groups is 1. The van der Waals surface area contributed by atoms with Crippen molar-refractivity contribution >= 4 is 23.0 Å². The average Bonchev–Trinajstić information content (AvgIpc) is 2.43. The van der Waals surface area contributed by atoms with E-state index in [1.807, 2.05) is 0 Å².